The van der Waals surface area contributed by atoms with E-state index >= 15 is 0 Å². The number of hydrogen-bond acceptors (Lipinski definition) is 4. The Balaban J connectivity index is 2.05. The molecule has 0 aliphatic heterocycles. The molecule has 1 heterocycles. The second-order valence-electron chi connectivity index (χ2n) is 4.47. The van der Waals surface area contributed by atoms with Crippen molar-refractivity contribution < 1.29 is 17.9 Å². The van der Waals surface area contributed by atoms with Crippen LogP contribution in [0.5, 0.6) is 5.75 Å². The fourth-order valence-corrected chi connectivity index (χ4v) is 1.91. The first-order valence-electron chi connectivity index (χ1n) is 6.25. The van der Waals surface area contributed by atoms with E-state index in [1.807, 2.05) is 13.8 Å². The van der Waals surface area contributed by atoms with Gasteiger partial charge in [-0.3, -0.25) is 9.97 Å². The minimum Gasteiger partial charge on any atom is -0.406 e. The summed E-state index contributed by atoms with van der Waals surface area (Å²) in [6.45, 7) is 3.75. The fourth-order valence-electron chi connectivity index (χ4n) is 1.91. The minimum absolute atomic E-state index is 0.118. The predicted octanol–water partition coefficient (Wildman–Crippen LogP) is 3.86. The number of alkyl halides is 3. The van der Waals surface area contributed by atoms with Gasteiger partial charge in [-0.2, -0.15) is 0 Å². The largest absolute Gasteiger partial charge is 0.573 e. The van der Waals surface area contributed by atoms with Crippen molar-refractivity contribution in [2.45, 2.75) is 26.3 Å². The van der Waals surface area contributed by atoms with Crippen LogP contribution < -0.4 is 10.1 Å². The first-order chi connectivity index (χ1) is 9.85. The molecule has 2 aromatic rings. The van der Waals surface area contributed by atoms with E-state index in [0.717, 1.165) is 11.4 Å². The lowest BCUT2D eigenvalue weighted by Gasteiger charge is -2.16. The highest BCUT2D eigenvalue weighted by atomic mass is 19.4. The normalized spacial score (nSPS) is 12.8. The standard InChI is InChI=1S/C14H14F3N3O/c1-9-13(19-8-7-18-9)10(2)20-11-3-5-12(6-4-11)21-14(15,16)17/h3-8,10,20H,1-2H3. The number of aryl methyl sites for hydroxylation is 1. The maximum absolute atomic E-state index is 12.1. The Morgan fingerprint density at radius 1 is 1.10 bits per heavy atom. The Kier molecular flexibility index (Phi) is 4.30. The van der Waals surface area contributed by atoms with Gasteiger partial charge in [0.2, 0.25) is 0 Å². The lowest BCUT2D eigenvalue weighted by molar-refractivity contribution is -0.274. The summed E-state index contributed by atoms with van der Waals surface area (Å²) in [5.74, 6) is -0.253. The van der Waals surface area contributed by atoms with Crippen LogP contribution >= 0.6 is 0 Å². The molecule has 0 spiro atoms. The zero-order valence-corrected chi connectivity index (χ0v) is 11.5. The molecule has 1 atom stereocenters. The van der Waals surface area contributed by atoms with E-state index < -0.39 is 6.36 Å². The fraction of sp³-hybridized carbons (Fsp3) is 0.286. The number of rotatable bonds is 4. The summed E-state index contributed by atoms with van der Waals surface area (Å²) in [5, 5.41) is 3.15. The number of benzene rings is 1. The van der Waals surface area contributed by atoms with E-state index in [1.54, 1.807) is 12.4 Å². The van der Waals surface area contributed by atoms with Gasteiger partial charge in [0.1, 0.15) is 5.75 Å². The molecule has 112 valence electrons. The van der Waals surface area contributed by atoms with Crippen molar-refractivity contribution >= 4 is 5.69 Å². The monoisotopic (exact) mass is 297 g/mol. The number of nitrogens with one attached hydrogen (secondary N) is 1. The van der Waals surface area contributed by atoms with E-state index in [4.69, 9.17) is 0 Å². The van der Waals surface area contributed by atoms with Crippen LogP contribution in [0.3, 0.4) is 0 Å². The predicted molar refractivity (Wildman–Crippen MR) is 71.9 cm³/mol. The third-order valence-electron chi connectivity index (χ3n) is 2.80. The molecule has 0 aliphatic carbocycles. The lowest BCUT2D eigenvalue weighted by Crippen LogP contribution is -2.17. The van der Waals surface area contributed by atoms with E-state index in [-0.39, 0.29) is 11.8 Å². The van der Waals surface area contributed by atoms with Crippen molar-refractivity contribution in [3.63, 3.8) is 0 Å². The van der Waals surface area contributed by atoms with Crippen LogP contribution in [0.2, 0.25) is 0 Å². The van der Waals surface area contributed by atoms with Gasteiger partial charge in [-0.15, -0.1) is 13.2 Å². The summed E-state index contributed by atoms with van der Waals surface area (Å²) in [4.78, 5) is 8.39. The number of ether oxygens (including phenoxy) is 1. The molecule has 0 fully saturated rings. The third-order valence-corrected chi connectivity index (χ3v) is 2.80. The van der Waals surface area contributed by atoms with Crippen molar-refractivity contribution in [3.8, 4) is 5.75 Å². The summed E-state index contributed by atoms with van der Waals surface area (Å²) < 4.78 is 40.0. The van der Waals surface area contributed by atoms with E-state index in [1.165, 1.54) is 24.3 Å². The third kappa shape index (κ3) is 4.34. The van der Waals surface area contributed by atoms with Crippen molar-refractivity contribution in [2.75, 3.05) is 5.32 Å². The van der Waals surface area contributed by atoms with Gasteiger partial charge >= 0.3 is 6.36 Å². The molecule has 0 amide bonds. The van der Waals surface area contributed by atoms with Gasteiger partial charge in [-0.1, -0.05) is 0 Å². The molecule has 0 aliphatic rings. The molecule has 1 aromatic heterocycles. The van der Waals surface area contributed by atoms with Crippen LogP contribution in [0, 0.1) is 6.92 Å². The Morgan fingerprint density at radius 2 is 1.71 bits per heavy atom. The summed E-state index contributed by atoms with van der Waals surface area (Å²) in [5.41, 5.74) is 2.25. The number of halogens is 3. The number of aromatic nitrogens is 2. The van der Waals surface area contributed by atoms with Gasteiger partial charge in [0, 0.05) is 18.1 Å². The van der Waals surface area contributed by atoms with Crippen LogP contribution in [0.25, 0.3) is 0 Å². The smallest absolute Gasteiger partial charge is 0.406 e. The molecule has 1 aromatic carbocycles. The van der Waals surface area contributed by atoms with Crippen LogP contribution in [-0.2, 0) is 0 Å². The quantitative estimate of drug-likeness (QED) is 0.931. The highest BCUT2D eigenvalue weighted by Gasteiger charge is 2.30. The van der Waals surface area contributed by atoms with E-state index in [0.29, 0.717) is 5.69 Å². The first kappa shape index (κ1) is 15.1. The summed E-state index contributed by atoms with van der Waals surface area (Å²) >= 11 is 0. The van der Waals surface area contributed by atoms with Gasteiger partial charge in [-0.25, -0.2) is 0 Å². The van der Waals surface area contributed by atoms with Gasteiger partial charge in [0.15, 0.2) is 0 Å². The molecular formula is C14H14F3N3O. The molecule has 2 rings (SSSR count). The first-order valence-corrected chi connectivity index (χ1v) is 6.25. The highest BCUT2D eigenvalue weighted by Crippen LogP contribution is 2.25. The van der Waals surface area contributed by atoms with Gasteiger partial charge in [0.25, 0.3) is 0 Å². The SMILES string of the molecule is Cc1nccnc1C(C)Nc1ccc(OC(F)(F)F)cc1. The number of nitrogens with zero attached hydrogens (tertiary/aromatic N) is 2. The van der Waals surface area contributed by atoms with Crippen LogP contribution in [0.1, 0.15) is 24.4 Å². The molecule has 0 saturated carbocycles. The zero-order chi connectivity index (χ0) is 15.5. The molecule has 0 radical (unpaired) electrons. The second-order valence-corrected chi connectivity index (χ2v) is 4.47. The van der Waals surface area contributed by atoms with E-state index in [9.17, 15) is 13.2 Å². The van der Waals surface area contributed by atoms with Gasteiger partial charge in [0.05, 0.1) is 17.4 Å². The Bertz CT molecular complexity index is 599. The minimum atomic E-state index is -4.68. The summed E-state index contributed by atoms with van der Waals surface area (Å²) in [6, 6.07) is 5.43. The maximum atomic E-state index is 12.1. The lowest BCUT2D eigenvalue weighted by atomic mass is 10.1. The number of hydrogen-bond donors (Lipinski definition) is 1. The number of anilines is 1. The molecule has 0 saturated heterocycles. The van der Waals surface area contributed by atoms with Crippen molar-refractivity contribution in [1.82, 2.24) is 9.97 Å². The van der Waals surface area contributed by atoms with Crippen LogP contribution in [-0.4, -0.2) is 16.3 Å². The van der Waals surface area contributed by atoms with Gasteiger partial charge < -0.3 is 10.1 Å². The molecule has 1 N–H and O–H groups in total. The molecule has 1 unspecified atom stereocenters. The second kappa shape index (κ2) is 5.99. The average Bonchev–Trinajstić information content (AvgIpc) is 2.40. The van der Waals surface area contributed by atoms with Crippen LogP contribution in [0.15, 0.2) is 36.7 Å². The van der Waals surface area contributed by atoms with Crippen molar-refractivity contribution in [3.05, 3.63) is 48.0 Å². The Hall–Kier alpha value is -2.31. The average molecular weight is 297 g/mol. The van der Waals surface area contributed by atoms with Crippen LogP contribution in [0.4, 0.5) is 18.9 Å². The molecule has 0 bridgehead atoms. The molecule has 4 nitrogen and oxygen atoms in total. The Labute approximate surface area is 120 Å². The molecular weight excluding hydrogens is 283 g/mol. The van der Waals surface area contributed by atoms with Gasteiger partial charge in [-0.05, 0) is 38.1 Å². The van der Waals surface area contributed by atoms with Crippen molar-refractivity contribution in [2.24, 2.45) is 0 Å². The highest BCUT2D eigenvalue weighted by molar-refractivity contribution is 5.47. The van der Waals surface area contributed by atoms with E-state index in [2.05, 4.69) is 20.0 Å². The Morgan fingerprint density at radius 3 is 2.29 bits per heavy atom. The zero-order valence-electron chi connectivity index (χ0n) is 11.5. The topological polar surface area (TPSA) is 47.0 Å². The maximum Gasteiger partial charge on any atom is 0.573 e. The molecule has 21 heavy (non-hydrogen) atoms. The molecule has 7 heteroatoms. The summed E-state index contributed by atoms with van der Waals surface area (Å²) in [6.07, 6.45) is -1.48. The van der Waals surface area contributed by atoms with Crippen molar-refractivity contribution in [1.29, 1.82) is 0 Å². The summed E-state index contributed by atoms with van der Waals surface area (Å²) in [7, 11) is 0.